The number of rotatable bonds is 9. The van der Waals surface area contributed by atoms with Gasteiger partial charge in [-0.1, -0.05) is 19.7 Å². The Hall–Kier alpha value is -2.21. The van der Waals surface area contributed by atoms with Crippen molar-refractivity contribution in [2.45, 2.75) is 27.1 Å². The summed E-state index contributed by atoms with van der Waals surface area (Å²) in [7, 11) is 0. The molecule has 0 bridgehead atoms. The van der Waals surface area contributed by atoms with E-state index in [1.54, 1.807) is 0 Å². The molecule has 0 N–H and O–H groups in total. The van der Waals surface area contributed by atoms with Gasteiger partial charge in [0, 0.05) is 11.1 Å². The Morgan fingerprint density at radius 1 is 0.905 bits per heavy atom. The number of hydrogen-bond acceptors (Lipinski definition) is 6. The quantitative estimate of drug-likeness (QED) is 0.366. The standard InChI is InChI=1S/C15H20O6/c1-9(2)12(16)7-19-13(21-15(18)11(5)6)8-20-14(17)10(3)4/h13H,1,3,5,7-8H2,2,4,6H3. The Morgan fingerprint density at radius 2 is 1.43 bits per heavy atom. The highest BCUT2D eigenvalue weighted by Crippen LogP contribution is 2.05. The largest absolute Gasteiger partial charge is 0.456 e. The van der Waals surface area contributed by atoms with Gasteiger partial charge in [-0.15, -0.1) is 0 Å². The van der Waals surface area contributed by atoms with Crippen molar-refractivity contribution in [3.63, 3.8) is 0 Å². The highest BCUT2D eigenvalue weighted by Gasteiger charge is 2.19. The predicted molar refractivity (Wildman–Crippen MR) is 76.2 cm³/mol. The first-order chi connectivity index (χ1) is 9.65. The smallest absolute Gasteiger partial charge is 0.335 e. The molecule has 0 aliphatic heterocycles. The van der Waals surface area contributed by atoms with Gasteiger partial charge >= 0.3 is 11.9 Å². The number of esters is 2. The number of carbonyl (C=O) groups excluding carboxylic acids is 3. The van der Waals surface area contributed by atoms with Crippen molar-refractivity contribution in [2.75, 3.05) is 13.2 Å². The van der Waals surface area contributed by atoms with Crippen molar-refractivity contribution < 1.29 is 28.6 Å². The van der Waals surface area contributed by atoms with Crippen LogP contribution in [0, 0.1) is 0 Å². The number of ether oxygens (including phenoxy) is 3. The molecule has 0 amide bonds. The van der Waals surface area contributed by atoms with Crippen LogP contribution in [-0.4, -0.2) is 37.2 Å². The molecular formula is C15H20O6. The van der Waals surface area contributed by atoms with Gasteiger partial charge in [0.15, 0.2) is 12.4 Å². The molecule has 0 aromatic heterocycles. The van der Waals surface area contributed by atoms with Gasteiger partial charge in [-0.2, -0.15) is 0 Å². The minimum Gasteiger partial charge on any atom is -0.456 e. The second-order valence-electron chi connectivity index (χ2n) is 4.51. The van der Waals surface area contributed by atoms with Gasteiger partial charge in [0.2, 0.25) is 6.29 Å². The van der Waals surface area contributed by atoms with Crippen molar-refractivity contribution in [2.24, 2.45) is 0 Å². The Balaban J connectivity index is 4.61. The maximum Gasteiger partial charge on any atom is 0.335 e. The molecule has 6 heteroatoms. The van der Waals surface area contributed by atoms with E-state index in [-0.39, 0.29) is 30.1 Å². The van der Waals surface area contributed by atoms with E-state index in [1.165, 1.54) is 20.8 Å². The minimum atomic E-state index is -1.21. The van der Waals surface area contributed by atoms with Crippen LogP contribution in [0.25, 0.3) is 0 Å². The van der Waals surface area contributed by atoms with Gasteiger partial charge in [0.05, 0.1) is 0 Å². The van der Waals surface area contributed by atoms with E-state index in [4.69, 9.17) is 14.2 Å². The Morgan fingerprint density at radius 3 is 1.86 bits per heavy atom. The van der Waals surface area contributed by atoms with Crippen molar-refractivity contribution in [3.05, 3.63) is 36.5 Å². The first-order valence-corrected chi connectivity index (χ1v) is 6.14. The second-order valence-corrected chi connectivity index (χ2v) is 4.51. The van der Waals surface area contributed by atoms with Crippen LogP contribution in [0.5, 0.6) is 0 Å². The third-order valence-corrected chi connectivity index (χ3v) is 2.16. The SMILES string of the molecule is C=C(C)C(=O)COC(COC(=O)C(=C)C)OC(=O)C(=C)C. The lowest BCUT2D eigenvalue weighted by Crippen LogP contribution is -2.30. The molecule has 0 aromatic rings. The number of ketones is 1. The van der Waals surface area contributed by atoms with E-state index in [9.17, 15) is 14.4 Å². The molecule has 0 fully saturated rings. The average Bonchev–Trinajstić information content (AvgIpc) is 2.40. The summed E-state index contributed by atoms with van der Waals surface area (Å²) in [4.78, 5) is 34.2. The first kappa shape index (κ1) is 18.8. The Kier molecular flexibility index (Phi) is 7.93. The topological polar surface area (TPSA) is 78.9 Å². The van der Waals surface area contributed by atoms with Crippen molar-refractivity contribution in [1.29, 1.82) is 0 Å². The number of Topliss-reactive ketones (excluding diaryl/α,β-unsaturated/α-hetero) is 1. The summed E-state index contributed by atoms with van der Waals surface area (Å²) in [5.41, 5.74) is 0.651. The highest BCUT2D eigenvalue weighted by molar-refractivity contribution is 5.95. The van der Waals surface area contributed by atoms with Crippen LogP contribution < -0.4 is 0 Å². The number of hydrogen-bond donors (Lipinski definition) is 0. The van der Waals surface area contributed by atoms with Crippen LogP contribution in [0.1, 0.15) is 20.8 Å². The summed E-state index contributed by atoms with van der Waals surface area (Å²) in [6, 6.07) is 0. The molecule has 0 aromatic carbocycles. The molecule has 0 rings (SSSR count). The van der Waals surface area contributed by atoms with Gasteiger partial charge < -0.3 is 14.2 Å². The van der Waals surface area contributed by atoms with Crippen molar-refractivity contribution >= 4 is 17.7 Å². The van der Waals surface area contributed by atoms with Gasteiger partial charge in [-0.05, 0) is 26.3 Å². The normalized spacial score (nSPS) is 11.2. The monoisotopic (exact) mass is 296 g/mol. The summed E-state index contributed by atoms with van der Waals surface area (Å²) >= 11 is 0. The second kappa shape index (κ2) is 8.86. The molecule has 1 atom stereocenters. The van der Waals surface area contributed by atoms with E-state index < -0.39 is 18.2 Å². The molecule has 21 heavy (non-hydrogen) atoms. The predicted octanol–water partition coefficient (Wildman–Crippen LogP) is 1.71. The van der Waals surface area contributed by atoms with Gasteiger partial charge in [0.1, 0.15) is 6.61 Å². The van der Waals surface area contributed by atoms with E-state index >= 15 is 0 Å². The lowest BCUT2D eigenvalue weighted by Gasteiger charge is -2.18. The van der Waals surface area contributed by atoms with Gasteiger partial charge in [0.25, 0.3) is 0 Å². The maximum atomic E-state index is 11.4. The first-order valence-electron chi connectivity index (χ1n) is 6.14. The minimum absolute atomic E-state index is 0.154. The van der Waals surface area contributed by atoms with Crippen LogP contribution in [0.3, 0.4) is 0 Å². The summed E-state index contributed by atoms with van der Waals surface area (Å²) in [6.07, 6.45) is -1.21. The zero-order chi connectivity index (χ0) is 16.6. The molecule has 0 saturated heterocycles. The summed E-state index contributed by atoms with van der Waals surface area (Å²) in [6.45, 7) is 14.1. The fraction of sp³-hybridized carbons (Fsp3) is 0.400. The van der Waals surface area contributed by atoms with Gasteiger partial charge in [-0.3, -0.25) is 4.79 Å². The van der Waals surface area contributed by atoms with Crippen molar-refractivity contribution in [1.82, 2.24) is 0 Å². The molecule has 0 aliphatic carbocycles. The maximum absolute atomic E-state index is 11.4. The lowest BCUT2D eigenvalue weighted by molar-refractivity contribution is -0.190. The summed E-state index contributed by atoms with van der Waals surface area (Å²) < 4.78 is 14.9. The Labute approximate surface area is 124 Å². The van der Waals surface area contributed by atoms with E-state index in [1.807, 2.05) is 0 Å². The zero-order valence-corrected chi connectivity index (χ0v) is 12.6. The third-order valence-electron chi connectivity index (χ3n) is 2.16. The fourth-order valence-corrected chi connectivity index (χ4v) is 0.895. The van der Waals surface area contributed by atoms with Crippen LogP contribution in [0.15, 0.2) is 36.5 Å². The van der Waals surface area contributed by atoms with Gasteiger partial charge in [-0.25, -0.2) is 9.59 Å². The molecule has 1 unspecified atom stereocenters. The van der Waals surface area contributed by atoms with E-state index in [0.717, 1.165) is 0 Å². The Bertz CT molecular complexity index is 445. The lowest BCUT2D eigenvalue weighted by atomic mass is 10.2. The molecular weight excluding hydrogens is 276 g/mol. The molecule has 6 nitrogen and oxygen atoms in total. The average molecular weight is 296 g/mol. The zero-order valence-electron chi connectivity index (χ0n) is 12.6. The molecule has 0 aliphatic rings. The molecule has 0 radical (unpaired) electrons. The summed E-state index contributed by atoms with van der Waals surface area (Å²) in [5, 5.41) is 0. The molecule has 0 spiro atoms. The summed E-state index contributed by atoms with van der Waals surface area (Å²) in [5.74, 6) is -1.71. The molecule has 116 valence electrons. The molecule has 0 heterocycles. The van der Waals surface area contributed by atoms with Crippen LogP contribution in [0.2, 0.25) is 0 Å². The van der Waals surface area contributed by atoms with E-state index in [2.05, 4.69) is 19.7 Å². The third kappa shape index (κ3) is 7.84. The molecule has 0 saturated carbocycles. The fourth-order valence-electron chi connectivity index (χ4n) is 0.895. The number of carbonyl (C=O) groups is 3. The van der Waals surface area contributed by atoms with Crippen LogP contribution in [-0.2, 0) is 28.6 Å². The highest BCUT2D eigenvalue weighted by atomic mass is 16.7. The van der Waals surface area contributed by atoms with Crippen LogP contribution >= 0.6 is 0 Å². The van der Waals surface area contributed by atoms with Crippen LogP contribution in [0.4, 0.5) is 0 Å². The van der Waals surface area contributed by atoms with E-state index in [0.29, 0.717) is 5.57 Å². The van der Waals surface area contributed by atoms with Crippen molar-refractivity contribution in [3.8, 4) is 0 Å².